The predicted octanol–water partition coefficient (Wildman–Crippen LogP) is 4.98. The van der Waals surface area contributed by atoms with Crippen LogP contribution in [-0.2, 0) is 4.74 Å². The lowest BCUT2D eigenvalue weighted by Gasteiger charge is -2.16. The molecular formula is C22H16O5S. The van der Waals surface area contributed by atoms with Crippen molar-refractivity contribution < 1.29 is 23.8 Å². The summed E-state index contributed by atoms with van der Waals surface area (Å²) in [6, 6.07) is 17.8. The molecule has 1 aliphatic carbocycles. The number of para-hydroxylation sites is 2. The van der Waals surface area contributed by atoms with E-state index in [1.54, 1.807) is 48.6 Å². The zero-order chi connectivity index (χ0) is 19.5. The standard InChI is InChI=1S/C22H16O5S/c1-25-16-12-13-17-18(19(16)23)20(26-14-8-4-2-5-9-14)21(28-17)22(24)27-15-10-6-3-7-11-15/h2-13,16H,1H3. The second kappa shape index (κ2) is 7.80. The van der Waals surface area contributed by atoms with Gasteiger partial charge in [-0.2, -0.15) is 0 Å². The third-order valence-corrected chi connectivity index (χ3v) is 5.29. The number of rotatable bonds is 5. The SMILES string of the molecule is COC1C=Cc2sc(C(=O)Oc3ccccc3)c(Oc3ccccc3)c2C1=O. The first-order chi connectivity index (χ1) is 13.7. The summed E-state index contributed by atoms with van der Waals surface area (Å²) in [4.78, 5) is 26.6. The number of carbonyl (C=O) groups excluding carboxylic acids is 2. The van der Waals surface area contributed by atoms with E-state index < -0.39 is 12.1 Å². The van der Waals surface area contributed by atoms with E-state index in [1.807, 2.05) is 24.3 Å². The summed E-state index contributed by atoms with van der Waals surface area (Å²) in [7, 11) is 1.46. The number of benzene rings is 2. The largest absolute Gasteiger partial charge is 0.455 e. The molecule has 1 aromatic heterocycles. The van der Waals surface area contributed by atoms with Crippen LogP contribution < -0.4 is 9.47 Å². The minimum atomic E-state index is -0.710. The van der Waals surface area contributed by atoms with Gasteiger partial charge in [0, 0.05) is 12.0 Å². The summed E-state index contributed by atoms with van der Waals surface area (Å²) >= 11 is 1.16. The predicted molar refractivity (Wildman–Crippen MR) is 106 cm³/mol. The first kappa shape index (κ1) is 18.2. The van der Waals surface area contributed by atoms with E-state index >= 15 is 0 Å². The van der Waals surface area contributed by atoms with Gasteiger partial charge in [0.15, 0.2) is 10.6 Å². The van der Waals surface area contributed by atoms with Gasteiger partial charge < -0.3 is 14.2 Å². The van der Waals surface area contributed by atoms with E-state index in [9.17, 15) is 9.59 Å². The van der Waals surface area contributed by atoms with Crippen molar-refractivity contribution in [2.45, 2.75) is 6.10 Å². The van der Waals surface area contributed by atoms with Crippen LogP contribution in [0.2, 0.25) is 0 Å². The van der Waals surface area contributed by atoms with Crippen molar-refractivity contribution in [1.82, 2.24) is 0 Å². The molecule has 1 heterocycles. The van der Waals surface area contributed by atoms with Gasteiger partial charge in [-0.1, -0.05) is 36.4 Å². The molecule has 5 nitrogen and oxygen atoms in total. The molecule has 0 fully saturated rings. The first-order valence-electron chi connectivity index (χ1n) is 8.59. The molecule has 140 valence electrons. The van der Waals surface area contributed by atoms with E-state index in [4.69, 9.17) is 14.2 Å². The van der Waals surface area contributed by atoms with Crippen molar-refractivity contribution in [3.63, 3.8) is 0 Å². The van der Waals surface area contributed by atoms with E-state index in [-0.39, 0.29) is 16.4 Å². The van der Waals surface area contributed by atoms with Crippen molar-refractivity contribution in [2.24, 2.45) is 0 Å². The maximum atomic E-state index is 12.9. The van der Waals surface area contributed by atoms with Crippen LogP contribution in [0.1, 0.15) is 24.9 Å². The van der Waals surface area contributed by atoms with Crippen LogP contribution >= 0.6 is 11.3 Å². The molecule has 0 radical (unpaired) electrons. The number of methoxy groups -OCH3 is 1. The fourth-order valence-electron chi connectivity index (χ4n) is 2.85. The molecule has 0 amide bonds. The molecule has 6 heteroatoms. The van der Waals surface area contributed by atoms with Crippen LogP contribution in [0.3, 0.4) is 0 Å². The molecular weight excluding hydrogens is 376 g/mol. The summed E-state index contributed by atoms with van der Waals surface area (Å²) < 4.78 is 16.7. The molecule has 0 saturated heterocycles. The Hall–Kier alpha value is -3.22. The molecule has 1 unspecified atom stereocenters. The third kappa shape index (κ3) is 3.47. The van der Waals surface area contributed by atoms with Crippen molar-refractivity contribution >= 4 is 29.2 Å². The molecule has 0 spiro atoms. The Morgan fingerprint density at radius 3 is 2.25 bits per heavy atom. The number of thiophene rings is 1. The Labute approximate surface area is 165 Å². The molecule has 1 aliphatic rings. The Kier molecular flexibility index (Phi) is 5.06. The number of ether oxygens (including phenoxy) is 3. The number of fused-ring (bicyclic) bond motifs is 1. The minimum Gasteiger partial charge on any atom is -0.455 e. The van der Waals surface area contributed by atoms with Crippen LogP contribution in [0, 0.1) is 0 Å². The fraction of sp³-hybridized carbons (Fsp3) is 0.0909. The molecule has 3 aromatic rings. The smallest absolute Gasteiger partial charge is 0.357 e. The van der Waals surface area contributed by atoms with E-state index in [1.165, 1.54) is 7.11 Å². The Bertz CT molecular complexity index is 1040. The minimum absolute atomic E-state index is 0.198. The zero-order valence-corrected chi connectivity index (χ0v) is 15.8. The van der Waals surface area contributed by atoms with Gasteiger partial charge in [0.25, 0.3) is 0 Å². The molecule has 0 saturated carbocycles. The van der Waals surface area contributed by atoms with Gasteiger partial charge in [0.1, 0.15) is 17.6 Å². The third-order valence-electron chi connectivity index (χ3n) is 4.18. The quantitative estimate of drug-likeness (QED) is 0.452. The van der Waals surface area contributed by atoms with Crippen LogP contribution in [-0.4, -0.2) is 25.0 Å². The van der Waals surface area contributed by atoms with Gasteiger partial charge in [-0.15, -0.1) is 11.3 Å². The number of ketones is 1. The van der Waals surface area contributed by atoms with Crippen molar-refractivity contribution in [3.8, 4) is 17.2 Å². The van der Waals surface area contributed by atoms with Gasteiger partial charge in [-0.05, 0) is 36.4 Å². The average Bonchev–Trinajstić information content (AvgIpc) is 3.09. The molecule has 0 N–H and O–H groups in total. The van der Waals surface area contributed by atoms with Gasteiger partial charge >= 0.3 is 5.97 Å². The number of hydrogen-bond acceptors (Lipinski definition) is 6. The zero-order valence-electron chi connectivity index (χ0n) is 15.0. The summed E-state index contributed by atoms with van der Waals surface area (Å²) in [6.45, 7) is 0. The maximum absolute atomic E-state index is 12.9. The summed E-state index contributed by atoms with van der Waals surface area (Å²) in [5.41, 5.74) is 0.336. The maximum Gasteiger partial charge on any atom is 0.357 e. The lowest BCUT2D eigenvalue weighted by atomic mass is 10.00. The van der Waals surface area contributed by atoms with Crippen LogP contribution in [0.25, 0.3) is 6.08 Å². The van der Waals surface area contributed by atoms with Crippen LogP contribution in [0.15, 0.2) is 66.7 Å². The Morgan fingerprint density at radius 1 is 0.964 bits per heavy atom. The van der Waals surface area contributed by atoms with E-state index in [0.29, 0.717) is 21.9 Å². The first-order valence-corrected chi connectivity index (χ1v) is 9.41. The molecule has 4 rings (SSSR count). The summed E-state index contributed by atoms with van der Waals surface area (Å²) in [5, 5.41) is 0. The lowest BCUT2D eigenvalue weighted by Crippen LogP contribution is -2.23. The lowest BCUT2D eigenvalue weighted by molar-refractivity contribution is 0.0715. The highest BCUT2D eigenvalue weighted by molar-refractivity contribution is 7.15. The highest BCUT2D eigenvalue weighted by Crippen LogP contribution is 2.42. The fourth-order valence-corrected chi connectivity index (χ4v) is 3.88. The molecule has 2 aromatic carbocycles. The van der Waals surface area contributed by atoms with Gasteiger partial charge in [0.05, 0.1) is 5.56 Å². The summed E-state index contributed by atoms with van der Waals surface area (Å²) in [5.74, 6) is 0.311. The van der Waals surface area contributed by atoms with Crippen molar-refractivity contribution in [3.05, 3.63) is 82.1 Å². The van der Waals surface area contributed by atoms with Gasteiger partial charge in [0.2, 0.25) is 5.78 Å². The molecule has 1 atom stereocenters. The van der Waals surface area contributed by atoms with Crippen LogP contribution in [0.5, 0.6) is 17.2 Å². The second-order valence-electron chi connectivity index (χ2n) is 6.00. The topological polar surface area (TPSA) is 61.8 Å². The van der Waals surface area contributed by atoms with Gasteiger partial charge in [-0.3, -0.25) is 4.79 Å². The average molecular weight is 392 g/mol. The van der Waals surface area contributed by atoms with Crippen molar-refractivity contribution in [1.29, 1.82) is 0 Å². The number of esters is 1. The molecule has 0 bridgehead atoms. The Morgan fingerprint density at radius 2 is 1.61 bits per heavy atom. The molecule has 28 heavy (non-hydrogen) atoms. The van der Waals surface area contributed by atoms with Crippen LogP contribution in [0.4, 0.5) is 0 Å². The molecule has 0 aliphatic heterocycles. The van der Waals surface area contributed by atoms with Gasteiger partial charge in [-0.25, -0.2) is 4.79 Å². The summed E-state index contributed by atoms with van der Waals surface area (Å²) in [6.07, 6.45) is 2.73. The van der Waals surface area contributed by atoms with E-state index in [0.717, 1.165) is 11.3 Å². The highest BCUT2D eigenvalue weighted by atomic mass is 32.1. The number of Topliss-reactive ketones (excluding diaryl/α,β-unsaturated/α-hetero) is 1. The highest BCUT2D eigenvalue weighted by Gasteiger charge is 2.34. The second-order valence-corrected chi connectivity index (χ2v) is 7.05. The van der Waals surface area contributed by atoms with Crippen molar-refractivity contribution in [2.75, 3.05) is 7.11 Å². The number of carbonyl (C=O) groups is 2. The van der Waals surface area contributed by atoms with E-state index in [2.05, 4.69) is 0 Å². The Balaban J connectivity index is 1.76. The monoisotopic (exact) mass is 392 g/mol. The normalized spacial score (nSPS) is 15.2. The number of hydrogen-bond donors (Lipinski definition) is 0.